The lowest BCUT2D eigenvalue weighted by atomic mass is 9.94. The van der Waals surface area contributed by atoms with Gasteiger partial charge in [0.15, 0.2) is 5.82 Å². The van der Waals surface area contributed by atoms with Gasteiger partial charge in [0.25, 0.3) is 0 Å². The summed E-state index contributed by atoms with van der Waals surface area (Å²) < 4.78 is 23.6. The molecule has 2 N–H and O–H groups in total. The maximum absolute atomic E-state index is 13.6. The Morgan fingerprint density at radius 1 is 1.07 bits per heavy atom. The lowest BCUT2D eigenvalue weighted by molar-refractivity contribution is 0.159. The highest BCUT2D eigenvalue weighted by molar-refractivity contribution is 7.92. The molecule has 3 heterocycles. The normalized spacial score (nSPS) is 17.1. The maximum Gasteiger partial charge on any atom is 0.320 e. The highest BCUT2D eigenvalue weighted by Crippen LogP contribution is 2.33. The van der Waals surface area contributed by atoms with Crippen LogP contribution in [0.15, 0.2) is 77.3 Å². The molecule has 1 aliphatic heterocycles. The molecule has 0 saturated carbocycles. The van der Waals surface area contributed by atoms with Crippen molar-refractivity contribution in [3.63, 3.8) is 0 Å². The van der Waals surface area contributed by atoms with Gasteiger partial charge in [-0.1, -0.05) is 48.5 Å². The number of nitrogens with zero attached hydrogens (tertiary/aromatic N) is 5. The third kappa shape index (κ3) is 7.30. The lowest BCUT2D eigenvalue weighted by Gasteiger charge is -2.21. The van der Waals surface area contributed by atoms with E-state index in [9.17, 15) is 9.00 Å². The first-order chi connectivity index (χ1) is 20.6. The molecular formula is C32H39N7O3S. The van der Waals surface area contributed by atoms with Crippen molar-refractivity contribution in [3.8, 4) is 16.9 Å². The topological polar surface area (TPSA) is 114 Å². The van der Waals surface area contributed by atoms with Gasteiger partial charge >= 0.3 is 6.03 Å². The Morgan fingerprint density at radius 3 is 2.42 bits per heavy atom. The van der Waals surface area contributed by atoms with Crippen LogP contribution in [0, 0.1) is 13.8 Å². The Hall–Kier alpha value is -4.06. The molecule has 2 amide bonds. The van der Waals surface area contributed by atoms with E-state index in [4.69, 9.17) is 9.84 Å². The summed E-state index contributed by atoms with van der Waals surface area (Å²) in [7, 11) is -0.644. The molecule has 1 aliphatic rings. The molecule has 43 heavy (non-hydrogen) atoms. The Balaban J connectivity index is 1.45. The number of nitrogens with one attached hydrogen (secondary N) is 2. The van der Waals surface area contributed by atoms with Gasteiger partial charge in [0.1, 0.15) is 5.82 Å². The molecule has 0 aliphatic carbocycles. The van der Waals surface area contributed by atoms with Gasteiger partial charge in [-0.25, -0.2) is 18.7 Å². The second-order valence-corrected chi connectivity index (χ2v) is 13.7. The van der Waals surface area contributed by atoms with Crippen molar-refractivity contribution in [2.45, 2.75) is 25.8 Å². The number of carbonyl (C=O) groups is 1. The number of aryl methyl sites for hydroxylation is 1. The van der Waals surface area contributed by atoms with Crippen molar-refractivity contribution in [3.05, 3.63) is 89.6 Å². The van der Waals surface area contributed by atoms with Crippen molar-refractivity contribution >= 4 is 27.4 Å². The molecule has 0 bridgehead atoms. The van der Waals surface area contributed by atoms with Gasteiger partial charge in [-0.3, -0.25) is 10.2 Å². The largest absolute Gasteiger partial charge is 0.383 e. The quantitative estimate of drug-likeness (QED) is 0.275. The molecule has 10 nitrogen and oxygen atoms in total. The number of hydrogen-bond donors (Lipinski definition) is 2. The summed E-state index contributed by atoms with van der Waals surface area (Å²) >= 11 is 0. The highest BCUT2D eigenvalue weighted by atomic mass is 32.2. The van der Waals surface area contributed by atoms with Crippen molar-refractivity contribution in [1.29, 1.82) is 0 Å². The number of aromatic nitrogens is 3. The van der Waals surface area contributed by atoms with Crippen LogP contribution in [0.3, 0.4) is 0 Å². The SMILES string of the molecule is COCCN1C[C@@H](NC(=O)Nc2c(C)c(-c3cnc(N=S(C)(C)=O)c(C)c3)nn2-c2ccccc2)[C@H](c2ccccc2)C1. The van der Waals surface area contributed by atoms with Crippen molar-refractivity contribution in [2.24, 2.45) is 4.36 Å². The minimum Gasteiger partial charge on any atom is -0.383 e. The Bertz CT molecular complexity index is 1690. The Morgan fingerprint density at radius 2 is 1.77 bits per heavy atom. The van der Waals surface area contributed by atoms with Crippen LogP contribution >= 0.6 is 0 Å². The lowest BCUT2D eigenvalue weighted by Crippen LogP contribution is -2.42. The number of para-hydroxylation sites is 1. The number of amides is 2. The fourth-order valence-electron chi connectivity index (χ4n) is 5.46. The van der Waals surface area contributed by atoms with Gasteiger partial charge in [0.05, 0.1) is 24.0 Å². The van der Waals surface area contributed by atoms with Gasteiger partial charge < -0.3 is 10.1 Å². The zero-order valence-corrected chi connectivity index (χ0v) is 26.1. The van der Waals surface area contributed by atoms with Crippen LogP contribution in [-0.2, 0) is 14.5 Å². The van der Waals surface area contributed by atoms with E-state index in [1.54, 1.807) is 30.5 Å². The second-order valence-electron chi connectivity index (χ2n) is 11.2. The van der Waals surface area contributed by atoms with Crippen LogP contribution in [0.5, 0.6) is 0 Å². The number of rotatable bonds is 9. The summed E-state index contributed by atoms with van der Waals surface area (Å²) in [6.45, 7) is 6.82. The van der Waals surface area contributed by atoms with Crippen LogP contribution in [0.2, 0.25) is 0 Å². The summed E-state index contributed by atoms with van der Waals surface area (Å²) in [4.78, 5) is 20.4. The van der Waals surface area contributed by atoms with E-state index >= 15 is 0 Å². The molecule has 11 heteroatoms. The number of urea groups is 1. The zero-order valence-electron chi connectivity index (χ0n) is 25.3. The average molecular weight is 602 g/mol. The third-order valence-corrected chi connectivity index (χ3v) is 8.15. The van der Waals surface area contributed by atoms with E-state index in [-0.39, 0.29) is 18.0 Å². The molecule has 226 valence electrons. The van der Waals surface area contributed by atoms with E-state index < -0.39 is 9.73 Å². The Labute approximate surface area is 253 Å². The number of ether oxygens (including phenoxy) is 1. The first kappa shape index (κ1) is 30.4. The minimum absolute atomic E-state index is 0.0809. The smallest absolute Gasteiger partial charge is 0.320 e. The molecule has 0 radical (unpaired) electrons. The van der Waals surface area contributed by atoms with Crippen LogP contribution in [-0.4, -0.2) is 81.8 Å². The molecule has 4 aromatic rings. The fraction of sp³-hybridized carbons (Fsp3) is 0.344. The van der Waals surface area contributed by atoms with Crippen LogP contribution in [0.1, 0.15) is 22.6 Å². The number of likely N-dealkylation sites (tertiary alicyclic amines) is 1. The fourth-order valence-corrected chi connectivity index (χ4v) is 6.07. The predicted octanol–water partition coefficient (Wildman–Crippen LogP) is 5.15. The van der Waals surface area contributed by atoms with Crippen molar-refractivity contribution in [2.75, 3.05) is 51.2 Å². The highest BCUT2D eigenvalue weighted by Gasteiger charge is 2.35. The van der Waals surface area contributed by atoms with Crippen LogP contribution in [0.4, 0.5) is 16.4 Å². The molecule has 1 saturated heterocycles. The molecule has 2 aromatic heterocycles. The van der Waals surface area contributed by atoms with E-state index in [0.717, 1.165) is 42.0 Å². The number of methoxy groups -OCH3 is 1. The summed E-state index contributed by atoms with van der Waals surface area (Å²) in [5.74, 6) is 1.17. The van der Waals surface area contributed by atoms with E-state index in [1.807, 2.05) is 68.4 Å². The van der Waals surface area contributed by atoms with Gasteiger partial charge in [-0.15, -0.1) is 0 Å². The summed E-state index contributed by atoms with van der Waals surface area (Å²) in [5.41, 5.74) is 5.06. The second kappa shape index (κ2) is 13.1. The molecular weight excluding hydrogens is 562 g/mol. The van der Waals surface area contributed by atoms with Gasteiger partial charge in [0.2, 0.25) is 0 Å². The molecule has 0 unspecified atom stereocenters. The van der Waals surface area contributed by atoms with E-state index in [1.165, 1.54) is 5.56 Å². The van der Waals surface area contributed by atoms with Crippen molar-refractivity contribution in [1.82, 2.24) is 25.0 Å². The van der Waals surface area contributed by atoms with Crippen LogP contribution < -0.4 is 10.6 Å². The van der Waals surface area contributed by atoms with Gasteiger partial charge in [-0.05, 0) is 43.2 Å². The first-order valence-electron chi connectivity index (χ1n) is 14.3. The molecule has 2 atom stereocenters. The average Bonchev–Trinajstić information content (AvgIpc) is 3.53. The molecule has 2 aromatic carbocycles. The zero-order chi connectivity index (χ0) is 30.6. The summed E-state index contributed by atoms with van der Waals surface area (Å²) in [5, 5.41) is 11.3. The molecule has 5 rings (SSSR count). The number of hydrogen-bond acceptors (Lipinski definition) is 7. The third-order valence-electron chi connectivity index (χ3n) is 7.54. The summed E-state index contributed by atoms with van der Waals surface area (Å²) in [6, 6.07) is 21.6. The molecule has 1 fully saturated rings. The number of benzene rings is 2. The van der Waals surface area contributed by atoms with Crippen LogP contribution in [0.25, 0.3) is 16.9 Å². The summed E-state index contributed by atoms with van der Waals surface area (Å²) in [6.07, 6.45) is 4.85. The molecule has 0 spiro atoms. The monoisotopic (exact) mass is 601 g/mol. The Kier molecular flexibility index (Phi) is 9.24. The minimum atomic E-state index is -2.35. The maximum atomic E-state index is 13.6. The van der Waals surface area contributed by atoms with Gasteiger partial charge in [0, 0.05) is 72.2 Å². The first-order valence-corrected chi connectivity index (χ1v) is 16.6. The number of anilines is 1. The predicted molar refractivity (Wildman–Crippen MR) is 172 cm³/mol. The van der Waals surface area contributed by atoms with E-state index in [2.05, 4.69) is 37.0 Å². The van der Waals surface area contributed by atoms with Gasteiger partial charge in [-0.2, -0.15) is 9.46 Å². The van der Waals surface area contributed by atoms with E-state index in [0.29, 0.717) is 23.9 Å². The number of pyridine rings is 1. The standard InChI is InChI=1S/C32H39N7O3S/c1-22-18-25(19-33-30(22)37-43(4,5)41)29-23(2)31(39(36-29)26-14-10-7-11-15-26)35-32(40)34-28-21-38(16-17-42-3)20-27(28)24-12-8-6-9-13-24/h6-15,18-19,27-28H,16-17,20-21H2,1-5H3,(H2,34,35,40)/t27-,28+/m0/s1. The number of carbonyl (C=O) groups excluding carboxylic acids is 1. The van der Waals surface area contributed by atoms with Crippen molar-refractivity contribution < 1.29 is 13.7 Å².